The minimum absolute atomic E-state index is 0.0225. The van der Waals surface area contributed by atoms with Crippen LogP contribution in [-0.2, 0) is 14.3 Å². The van der Waals surface area contributed by atoms with E-state index in [2.05, 4.69) is 4.74 Å². The molecule has 2 aromatic carbocycles. The topological polar surface area (TPSA) is 90.0 Å². The molecular weight excluding hydrogens is 374 g/mol. The average Bonchev–Trinajstić information content (AvgIpc) is 3.12. The molecule has 2 aromatic rings. The first-order valence-electron chi connectivity index (χ1n) is 8.01. The van der Waals surface area contributed by atoms with Crippen LogP contribution < -0.4 is 0 Å². The number of hydrogen-bond acceptors (Lipinski definition) is 6. The van der Waals surface area contributed by atoms with Gasteiger partial charge in [-0.05, 0) is 30.3 Å². The fourth-order valence-electron chi connectivity index (χ4n) is 2.52. The maximum Gasteiger partial charge on any atom is 0.416 e. The molecule has 1 fully saturated rings. The number of carbonyl (C=O) groups excluding carboxylic acids is 4. The highest BCUT2D eigenvalue weighted by molar-refractivity contribution is 6.30. The molecule has 0 bridgehead atoms. The van der Waals surface area contributed by atoms with Crippen LogP contribution in [0.25, 0.3) is 0 Å². The Morgan fingerprint density at radius 3 is 2.33 bits per heavy atom. The minimum atomic E-state index is -0.839. The van der Waals surface area contributed by atoms with Crippen molar-refractivity contribution in [1.82, 2.24) is 4.90 Å². The van der Waals surface area contributed by atoms with Crippen molar-refractivity contribution < 1.29 is 28.7 Å². The van der Waals surface area contributed by atoms with E-state index in [1.165, 1.54) is 12.1 Å². The Kier molecular flexibility index (Phi) is 5.52. The molecule has 138 valence electrons. The largest absolute Gasteiger partial charge is 0.452 e. The van der Waals surface area contributed by atoms with E-state index in [0.29, 0.717) is 10.6 Å². The number of benzene rings is 2. The maximum absolute atomic E-state index is 12.7. The first kappa shape index (κ1) is 18.6. The van der Waals surface area contributed by atoms with Gasteiger partial charge in [0.1, 0.15) is 6.61 Å². The summed E-state index contributed by atoms with van der Waals surface area (Å²) in [5, 5.41) is 0.484. The van der Waals surface area contributed by atoms with Crippen LogP contribution in [0.1, 0.15) is 26.3 Å². The van der Waals surface area contributed by atoms with Crippen molar-refractivity contribution in [2.75, 3.05) is 19.8 Å². The van der Waals surface area contributed by atoms with Crippen molar-refractivity contribution >= 4 is 35.4 Å². The van der Waals surface area contributed by atoms with E-state index < -0.39 is 24.6 Å². The van der Waals surface area contributed by atoms with Crippen LogP contribution in [0.3, 0.4) is 0 Å². The number of ether oxygens (including phenoxy) is 2. The highest BCUT2D eigenvalue weighted by Crippen LogP contribution is 2.18. The summed E-state index contributed by atoms with van der Waals surface area (Å²) >= 11 is 5.82. The summed E-state index contributed by atoms with van der Waals surface area (Å²) < 4.78 is 9.64. The molecule has 3 rings (SSSR count). The van der Waals surface area contributed by atoms with Gasteiger partial charge < -0.3 is 9.47 Å². The molecule has 0 spiro atoms. The van der Waals surface area contributed by atoms with Crippen LogP contribution in [-0.4, -0.2) is 48.4 Å². The van der Waals surface area contributed by atoms with E-state index >= 15 is 0 Å². The van der Waals surface area contributed by atoms with E-state index in [-0.39, 0.29) is 30.1 Å². The molecule has 0 radical (unpaired) electrons. The minimum Gasteiger partial charge on any atom is -0.452 e. The normalized spacial score (nSPS) is 13.2. The number of halogens is 1. The predicted octanol–water partition coefficient (Wildman–Crippen LogP) is 2.71. The lowest BCUT2D eigenvalue weighted by Gasteiger charge is -2.12. The van der Waals surface area contributed by atoms with Crippen LogP contribution >= 0.6 is 11.6 Å². The summed E-state index contributed by atoms with van der Waals surface area (Å²) in [6.07, 6.45) is -0.769. The predicted molar refractivity (Wildman–Crippen MR) is 94.7 cm³/mol. The molecule has 0 aliphatic carbocycles. The fraction of sp³-hybridized carbons (Fsp3) is 0.158. The van der Waals surface area contributed by atoms with Gasteiger partial charge in [-0.15, -0.1) is 0 Å². The molecule has 8 heteroatoms. The van der Waals surface area contributed by atoms with Gasteiger partial charge in [-0.1, -0.05) is 29.8 Å². The van der Waals surface area contributed by atoms with Gasteiger partial charge in [-0.2, -0.15) is 0 Å². The van der Waals surface area contributed by atoms with Crippen LogP contribution in [0.5, 0.6) is 0 Å². The number of amides is 2. The summed E-state index contributed by atoms with van der Waals surface area (Å²) in [4.78, 5) is 49.2. The van der Waals surface area contributed by atoms with Crippen molar-refractivity contribution in [1.29, 1.82) is 0 Å². The van der Waals surface area contributed by atoms with Crippen molar-refractivity contribution in [2.24, 2.45) is 0 Å². The highest BCUT2D eigenvalue weighted by atomic mass is 35.5. The van der Waals surface area contributed by atoms with Gasteiger partial charge >= 0.3 is 12.1 Å². The van der Waals surface area contributed by atoms with Gasteiger partial charge in [0.25, 0.3) is 5.91 Å². The van der Waals surface area contributed by atoms with E-state index in [4.69, 9.17) is 16.3 Å². The number of cyclic esters (lactones) is 1. The molecule has 27 heavy (non-hydrogen) atoms. The molecule has 0 aromatic heterocycles. The molecule has 2 amide bonds. The monoisotopic (exact) mass is 387 g/mol. The molecule has 1 aliphatic rings. The zero-order valence-electron chi connectivity index (χ0n) is 14.0. The molecule has 1 aliphatic heterocycles. The van der Waals surface area contributed by atoms with Gasteiger partial charge in [0.05, 0.1) is 12.1 Å². The second kappa shape index (κ2) is 8.01. The van der Waals surface area contributed by atoms with Gasteiger partial charge in [-0.25, -0.2) is 14.5 Å². The molecule has 7 nitrogen and oxygen atoms in total. The number of imide groups is 1. The van der Waals surface area contributed by atoms with E-state index in [0.717, 1.165) is 4.90 Å². The lowest BCUT2D eigenvalue weighted by atomic mass is 9.98. The zero-order valence-corrected chi connectivity index (χ0v) is 14.8. The molecule has 1 saturated heterocycles. The maximum atomic E-state index is 12.7. The van der Waals surface area contributed by atoms with Gasteiger partial charge in [0.15, 0.2) is 12.4 Å². The number of carbonyl (C=O) groups is 4. The van der Waals surface area contributed by atoms with Crippen molar-refractivity contribution in [3.05, 3.63) is 70.2 Å². The van der Waals surface area contributed by atoms with Crippen molar-refractivity contribution in [3.8, 4) is 0 Å². The van der Waals surface area contributed by atoms with Crippen LogP contribution in [0.4, 0.5) is 4.79 Å². The molecule has 0 N–H and O–H groups in total. The molecular formula is C19H14ClNO6. The van der Waals surface area contributed by atoms with Gasteiger partial charge in [-0.3, -0.25) is 9.59 Å². The summed E-state index contributed by atoms with van der Waals surface area (Å²) in [5.41, 5.74) is 0.516. The third kappa shape index (κ3) is 4.15. The van der Waals surface area contributed by atoms with Crippen LogP contribution in [0, 0.1) is 0 Å². The third-order valence-electron chi connectivity index (χ3n) is 3.89. The Hall–Kier alpha value is -3.19. The smallest absolute Gasteiger partial charge is 0.416 e. The second-order valence-corrected chi connectivity index (χ2v) is 6.05. The zero-order chi connectivity index (χ0) is 19.4. The summed E-state index contributed by atoms with van der Waals surface area (Å²) in [7, 11) is 0. The fourth-order valence-corrected chi connectivity index (χ4v) is 2.64. The van der Waals surface area contributed by atoms with Crippen molar-refractivity contribution in [2.45, 2.75) is 0 Å². The Balaban J connectivity index is 1.74. The first-order valence-corrected chi connectivity index (χ1v) is 8.38. The second-order valence-electron chi connectivity index (χ2n) is 5.62. The first-order chi connectivity index (χ1) is 13.0. The van der Waals surface area contributed by atoms with Crippen LogP contribution in [0.2, 0.25) is 5.02 Å². The Morgan fingerprint density at radius 2 is 1.70 bits per heavy atom. The van der Waals surface area contributed by atoms with E-state index in [1.54, 1.807) is 36.4 Å². The summed E-state index contributed by atoms with van der Waals surface area (Å²) in [6.45, 7) is -0.408. The standard InChI is InChI=1S/C19H14ClNO6/c20-13-7-5-12(6-8-13)17(23)14-3-1-2-4-15(14)18(24)27-11-16(22)21-9-10-26-19(21)25/h1-8H,9-11H2. The number of rotatable bonds is 5. The Bertz CT molecular complexity index is 909. The van der Waals surface area contributed by atoms with E-state index in [9.17, 15) is 19.2 Å². The van der Waals surface area contributed by atoms with E-state index in [1.807, 2.05) is 0 Å². The molecule has 1 heterocycles. The lowest BCUT2D eigenvalue weighted by molar-refractivity contribution is -0.131. The quantitative estimate of drug-likeness (QED) is 0.578. The number of nitrogens with zero attached hydrogens (tertiary/aromatic N) is 1. The van der Waals surface area contributed by atoms with Gasteiger partial charge in [0, 0.05) is 16.1 Å². The summed E-state index contributed by atoms with van der Waals surface area (Å²) in [6, 6.07) is 12.4. The van der Waals surface area contributed by atoms with Crippen molar-refractivity contribution in [3.63, 3.8) is 0 Å². The SMILES string of the molecule is O=C(OCC(=O)N1CCOC1=O)c1ccccc1C(=O)c1ccc(Cl)cc1. The Morgan fingerprint density at radius 1 is 1.04 bits per heavy atom. The number of ketones is 1. The number of hydrogen-bond donors (Lipinski definition) is 0. The lowest BCUT2D eigenvalue weighted by Crippen LogP contribution is -2.35. The molecule has 0 atom stereocenters. The number of esters is 1. The Labute approximate surface area is 159 Å². The molecule has 0 saturated carbocycles. The molecule has 0 unspecified atom stereocenters. The summed E-state index contributed by atoms with van der Waals surface area (Å²) in [5.74, 6) is -1.91. The average molecular weight is 388 g/mol. The highest BCUT2D eigenvalue weighted by Gasteiger charge is 2.29. The third-order valence-corrected chi connectivity index (χ3v) is 4.14. The van der Waals surface area contributed by atoms with Crippen LogP contribution in [0.15, 0.2) is 48.5 Å². The van der Waals surface area contributed by atoms with Gasteiger partial charge in [0.2, 0.25) is 0 Å².